The van der Waals surface area contributed by atoms with Crippen LogP contribution in [0.3, 0.4) is 0 Å². The van der Waals surface area contributed by atoms with Gasteiger partial charge in [0.2, 0.25) is 5.91 Å². The smallest absolute Gasteiger partial charge is 0.221 e. The number of hydrogen-bond donors (Lipinski definition) is 2. The van der Waals surface area contributed by atoms with E-state index in [1.807, 2.05) is 24.5 Å². The number of carbonyl (C=O) groups is 1. The minimum atomic E-state index is 0. The number of piperidine rings is 1. The lowest BCUT2D eigenvalue weighted by Gasteiger charge is -2.35. The highest BCUT2D eigenvalue weighted by Crippen LogP contribution is 2.25. The molecule has 0 spiro atoms. The number of nitrogens with zero attached hydrogens (tertiary/aromatic N) is 1. The van der Waals surface area contributed by atoms with E-state index in [-0.39, 0.29) is 18.3 Å². The SMILES string of the molecule is Cl.NCCC(=O)NCC1CCCCN1Cc1coc2ccccc12. The maximum Gasteiger partial charge on any atom is 0.221 e. The van der Waals surface area contributed by atoms with E-state index in [1.54, 1.807) is 0 Å². The summed E-state index contributed by atoms with van der Waals surface area (Å²) in [6.07, 6.45) is 5.82. The molecule has 1 fully saturated rings. The molecule has 1 unspecified atom stereocenters. The van der Waals surface area contributed by atoms with E-state index in [0.717, 1.165) is 25.1 Å². The van der Waals surface area contributed by atoms with Crippen molar-refractivity contribution < 1.29 is 9.21 Å². The van der Waals surface area contributed by atoms with E-state index in [4.69, 9.17) is 10.2 Å². The number of rotatable bonds is 6. The second kappa shape index (κ2) is 9.06. The third-order valence-corrected chi connectivity index (χ3v) is 4.59. The van der Waals surface area contributed by atoms with E-state index in [9.17, 15) is 4.79 Å². The van der Waals surface area contributed by atoms with Gasteiger partial charge in [-0.25, -0.2) is 0 Å². The van der Waals surface area contributed by atoms with Crippen molar-refractivity contribution in [1.29, 1.82) is 0 Å². The van der Waals surface area contributed by atoms with Crippen LogP contribution in [0, 0.1) is 0 Å². The van der Waals surface area contributed by atoms with Crippen LogP contribution in [0.5, 0.6) is 0 Å². The summed E-state index contributed by atoms with van der Waals surface area (Å²) in [7, 11) is 0. The first-order chi connectivity index (χ1) is 11.3. The van der Waals surface area contributed by atoms with Gasteiger partial charge in [0.15, 0.2) is 0 Å². The minimum absolute atomic E-state index is 0. The van der Waals surface area contributed by atoms with Crippen LogP contribution in [0.15, 0.2) is 34.9 Å². The lowest BCUT2D eigenvalue weighted by molar-refractivity contribution is -0.121. The Morgan fingerprint density at radius 3 is 3.00 bits per heavy atom. The normalized spacial score (nSPS) is 18.3. The summed E-state index contributed by atoms with van der Waals surface area (Å²) in [5.74, 6) is 0.0479. The molecule has 1 aliphatic heterocycles. The highest BCUT2D eigenvalue weighted by molar-refractivity contribution is 5.85. The summed E-state index contributed by atoms with van der Waals surface area (Å²) < 4.78 is 5.65. The second-order valence-corrected chi connectivity index (χ2v) is 6.22. The minimum Gasteiger partial charge on any atom is -0.464 e. The molecule has 1 atom stereocenters. The zero-order valence-corrected chi connectivity index (χ0v) is 14.7. The molecule has 1 saturated heterocycles. The molecular weight excluding hydrogens is 326 g/mol. The Balaban J connectivity index is 0.00000208. The highest BCUT2D eigenvalue weighted by atomic mass is 35.5. The number of carbonyl (C=O) groups excluding carboxylic acids is 1. The fourth-order valence-electron chi connectivity index (χ4n) is 3.32. The maximum atomic E-state index is 11.7. The number of furan rings is 1. The fourth-order valence-corrected chi connectivity index (χ4v) is 3.32. The van der Waals surface area contributed by atoms with Gasteiger partial charge in [0.25, 0.3) is 0 Å². The van der Waals surface area contributed by atoms with Crippen molar-refractivity contribution in [2.24, 2.45) is 5.73 Å². The van der Waals surface area contributed by atoms with Crippen molar-refractivity contribution in [3.8, 4) is 0 Å². The summed E-state index contributed by atoms with van der Waals surface area (Å²) in [4.78, 5) is 14.1. The Morgan fingerprint density at radius 2 is 2.17 bits per heavy atom. The summed E-state index contributed by atoms with van der Waals surface area (Å²) in [6, 6.07) is 8.53. The lowest BCUT2D eigenvalue weighted by atomic mass is 10.0. The first-order valence-electron chi connectivity index (χ1n) is 8.44. The van der Waals surface area contributed by atoms with E-state index in [0.29, 0.717) is 25.6 Å². The topological polar surface area (TPSA) is 71.5 Å². The average molecular weight is 352 g/mol. The molecule has 3 N–H and O–H groups in total. The molecule has 1 aliphatic rings. The lowest BCUT2D eigenvalue weighted by Crippen LogP contribution is -2.46. The quantitative estimate of drug-likeness (QED) is 0.839. The summed E-state index contributed by atoms with van der Waals surface area (Å²) in [6.45, 7) is 3.04. The monoisotopic (exact) mass is 351 g/mol. The Kier molecular flexibility index (Phi) is 7.09. The first kappa shape index (κ1) is 18.8. The van der Waals surface area contributed by atoms with Crippen molar-refractivity contribution in [1.82, 2.24) is 10.2 Å². The van der Waals surface area contributed by atoms with Crippen molar-refractivity contribution in [3.05, 3.63) is 36.1 Å². The zero-order chi connectivity index (χ0) is 16.1. The van der Waals surface area contributed by atoms with Gasteiger partial charge in [-0.3, -0.25) is 9.69 Å². The third kappa shape index (κ3) is 4.50. The van der Waals surface area contributed by atoms with Crippen LogP contribution in [-0.2, 0) is 11.3 Å². The maximum absolute atomic E-state index is 11.7. The van der Waals surface area contributed by atoms with Crippen molar-refractivity contribution in [3.63, 3.8) is 0 Å². The standard InChI is InChI=1S/C18H25N3O2.ClH/c19-9-8-18(22)20-11-15-5-3-4-10-21(15)12-14-13-23-17-7-2-1-6-16(14)17;/h1-2,6-7,13,15H,3-5,8-12,19H2,(H,20,22);1H. The molecule has 2 heterocycles. The Hall–Kier alpha value is -1.56. The van der Waals surface area contributed by atoms with Crippen molar-refractivity contribution in [2.45, 2.75) is 38.3 Å². The number of halogens is 1. The first-order valence-corrected chi connectivity index (χ1v) is 8.44. The average Bonchev–Trinajstić information content (AvgIpc) is 2.98. The number of likely N-dealkylation sites (tertiary alicyclic amines) is 1. The van der Waals surface area contributed by atoms with Crippen molar-refractivity contribution in [2.75, 3.05) is 19.6 Å². The van der Waals surface area contributed by atoms with E-state index < -0.39 is 0 Å². The van der Waals surface area contributed by atoms with Gasteiger partial charge >= 0.3 is 0 Å². The molecule has 1 aromatic carbocycles. The molecule has 6 heteroatoms. The largest absolute Gasteiger partial charge is 0.464 e. The van der Waals surface area contributed by atoms with Gasteiger partial charge in [-0.2, -0.15) is 0 Å². The van der Waals surface area contributed by atoms with Crippen LogP contribution in [0.1, 0.15) is 31.2 Å². The molecule has 2 aromatic rings. The summed E-state index contributed by atoms with van der Waals surface area (Å²) in [5.41, 5.74) is 7.59. The Bertz CT molecular complexity index is 659. The van der Waals surface area contributed by atoms with E-state index in [1.165, 1.54) is 23.8 Å². The molecule has 0 saturated carbocycles. The van der Waals surface area contributed by atoms with Gasteiger partial charge < -0.3 is 15.5 Å². The van der Waals surface area contributed by atoms with Crippen molar-refractivity contribution >= 4 is 29.3 Å². The Morgan fingerprint density at radius 1 is 1.33 bits per heavy atom. The van der Waals surface area contributed by atoms with Crippen LogP contribution in [0.4, 0.5) is 0 Å². The predicted octanol–water partition coefficient (Wildman–Crippen LogP) is 2.67. The third-order valence-electron chi connectivity index (χ3n) is 4.59. The number of amides is 1. The zero-order valence-electron chi connectivity index (χ0n) is 13.9. The van der Waals surface area contributed by atoms with E-state index in [2.05, 4.69) is 16.3 Å². The Labute approximate surface area is 149 Å². The molecule has 0 radical (unpaired) electrons. The van der Waals surface area contributed by atoms with Gasteiger partial charge in [0, 0.05) is 43.0 Å². The van der Waals surface area contributed by atoms with Crippen LogP contribution in [-0.4, -0.2) is 36.5 Å². The molecule has 5 nitrogen and oxygen atoms in total. The molecule has 24 heavy (non-hydrogen) atoms. The summed E-state index contributed by atoms with van der Waals surface area (Å²) >= 11 is 0. The molecule has 3 rings (SSSR count). The molecule has 0 bridgehead atoms. The number of benzene rings is 1. The van der Waals surface area contributed by atoms with Gasteiger partial charge in [-0.15, -0.1) is 12.4 Å². The number of para-hydroxylation sites is 1. The van der Waals surface area contributed by atoms with Crippen LogP contribution in [0.25, 0.3) is 11.0 Å². The van der Waals surface area contributed by atoms with E-state index >= 15 is 0 Å². The van der Waals surface area contributed by atoms with Crippen LogP contribution < -0.4 is 11.1 Å². The highest BCUT2D eigenvalue weighted by Gasteiger charge is 2.23. The fraction of sp³-hybridized carbons (Fsp3) is 0.500. The number of nitrogens with one attached hydrogen (secondary N) is 1. The number of hydrogen-bond acceptors (Lipinski definition) is 4. The number of fused-ring (bicyclic) bond motifs is 1. The molecule has 1 amide bonds. The molecule has 132 valence electrons. The predicted molar refractivity (Wildman–Crippen MR) is 98.2 cm³/mol. The second-order valence-electron chi connectivity index (χ2n) is 6.22. The molecule has 0 aliphatic carbocycles. The summed E-state index contributed by atoms with van der Waals surface area (Å²) in [5, 5.41) is 4.20. The van der Waals surface area contributed by atoms with Gasteiger partial charge in [-0.05, 0) is 25.5 Å². The van der Waals surface area contributed by atoms with Crippen LogP contribution >= 0.6 is 12.4 Å². The van der Waals surface area contributed by atoms with Gasteiger partial charge in [0.1, 0.15) is 5.58 Å². The van der Waals surface area contributed by atoms with Crippen LogP contribution in [0.2, 0.25) is 0 Å². The van der Waals surface area contributed by atoms with Gasteiger partial charge in [-0.1, -0.05) is 24.6 Å². The molecular formula is C18H26ClN3O2. The van der Waals surface area contributed by atoms with Gasteiger partial charge in [0.05, 0.1) is 6.26 Å². The molecule has 1 aromatic heterocycles. The number of nitrogens with two attached hydrogens (primary N) is 1.